The van der Waals surface area contributed by atoms with Crippen LogP contribution in [0.2, 0.25) is 10.0 Å². The fourth-order valence-electron chi connectivity index (χ4n) is 1.34. The topological polar surface area (TPSA) is 81.6 Å². The van der Waals surface area contributed by atoms with Gasteiger partial charge in [-0.15, -0.1) is 0 Å². The van der Waals surface area contributed by atoms with Crippen LogP contribution >= 0.6 is 23.2 Å². The molecule has 0 aliphatic rings. The molecule has 1 aromatic rings. The Balaban J connectivity index is 2.91. The summed E-state index contributed by atoms with van der Waals surface area (Å²) in [5.41, 5.74) is -3.18. The van der Waals surface area contributed by atoms with E-state index >= 15 is 0 Å². The van der Waals surface area contributed by atoms with Crippen LogP contribution in [0, 0.1) is 0 Å². The normalized spacial score (nSPS) is 12.1. The molecular formula is C11H11Cl2F3N2O3. The van der Waals surface area contributed by atoms with Gasteiger partial charge in [0.25, 0.3) is 0 Å². The molecule has 0 saturated carbocycles. The predicted molar refractivity (Wildman–Crippen MR) is 71.6 cm³/mol. The quantitative estimate of drug-likeness (QED) is 0.675. The van der Waals surface area contributed by atoms with E-state index in [9.17, 15) is 18.0 Å². The third kappa shape index (κ3) is 4.13. The zero-order valence-electron chi connectivity index (χ0n) is 10.3. The Hall–Kier alpha value is -1.22. The van der Waals surface area contributed by atoms with Gasteiger partial charge in [-0.1, -0.05) is 23.2 Å². The molecule has 0 radical (unpaired) electrons. The standard InChI is InChI=1S/C11H11Cl2F3N2O3/c12-6-1-2-7(13)8(3-6)17-9(21)18-10(4-19,5-20)11(14,15)16/h1-3,19-20H,4-5H2,(H2,17,18,21). The number of amides is 2. The smallest absolute Gasteiger partial charge is 0.393 e. The van der Waals surface area contributed by atoms with Gasteiger partial charge in [-0.05, 0) is 18.2 Å². The molecule has 0 bridgehead atoms. The number of hydrogen-bond acceptors (Lipinski definition) is 3. The number of halogens is 5. The number of aliphatic hydroxyl groups is 2. The van der Waals surface area contributed by atoms with Crippen molar-refractivity contribution < 1.29 is 28.2 Å². The summed E-state index contributed by atoms with van der Waals surface area (Å²) in [7, 11) is 0. The van der Waals surface area contributed by atoms with E-state index in [1.165, 1.54) is 23.5 Å². The zero-order valence-corrected chi connectivity index (χ0v) is 11.9. The van der Waals surface area contributed by atoms with E-state index in [0.29, 0.717) is 0 Å². The number of benzene rings is 1. The molecular weight excluding hydrogens is 336 g/mol. The lowest BCUT2D eigenvalue weighted by Crippen LogP contribution is -2.64. The molecule has 2 amide bonds. The van der Waals surface area contributed by atoms with Gasteiger partial charge in [0.15, 0.2) is 5.54 Å². The van der Waals surface area contributed by atoms with E-state index in [4.69, 9.17) is 33.4 Å². The monoisotopic (exact) mass is 346 g/mol. The van der Waals surface area contributed by atoms with E-state index in [1.807, 2.05) is 0 Å². The average molecular weight is 347 g/mol. The fourth-order valence-corrected chi connectivity index (χ4v) is 1.68. The second-order valence-corrected chi connectivity index (χ2v) is 4.94. The summed E-state index contributed by atoms with van der Waals surface area (Å²) in [6.07, 6.45) is -5.05. The number of hydrogen-bond donors (Lipinski definition) is 4. The van der Waals surface area contributed by atoms with Gasteiger partial charge >= 0.3 is 12.2 Å². The van der Waals surface area contributed by atoms with Crippen LogP contribution in [0.5, 0.6) is 0 Å². The first-order valence-electron chi connectivity index (χ1n) is 5.48. The summed E-state index contributed by atoms with van der Waals surface area (Å²) >= 11 is 11.4. The molecule has 4 N–H and O–H groups in total. The van der Waals surface area contributed by atoms with E-state index in [2.05, 4.69) is 5.32 Å². The lowest BCUT2D eigenvalue weighted by atomic mass is 10.0. The van der Waals surface area contributed by atoms with Crippen LogP contribution in [0.25, 0.3) is 0 Å². The molecule has 5 nitrogen and oxygen atoms in total. The minimum Gasteiger partial charge on any atom is -0.393 e. The van der Waals surface area contributed by atoms with Gasteiger partial charge in [-0.3, -0.25) is 0 Å². The minimum atomic E-state index is -5.05. The van der Waals surface area contributed by atoms with Crippen molar-refractivity contribution in [3.8, 4) is 0 Å². The second kappa shape index (κ2) is 6.69. The van der Waals surface area contributed by atoms with Gasteiger partial charge in [-0.2, -0.15) is 13.2 Å². The largest absolute Gasteiger partial charge is 0.416 e. The number of rotatable bonds is 4. The lowest BCUT2D eigenvalue weighted by molar-refractivity contribution is -0.212. The van der Waals surface area contributed by atoms with Gasteiger partial charge in [0.1, 0.15) is 0 Å². The first kappa shape index (κ1) is 17.8. The summed E-state index contributed by atoms with van der Waals surface area (Å²) in [5.74, 6) is 0. The second-order valence-electron chi connectivity index (χ2n) is 4.10. The van der Waals surface area contributed by atoms with Crippen LogP contribution in [0.1, 0.15) is 0 Å². The number of anilines is 1. The Morgan fingerprint density at radius 3 is 2.24 bits per heavy atom. The summed E-state index contributed by atoms with van der Waals surface area (Å²) in [6.45, 7) is -3.05. The highest BCUT2D eigenvalue weighted by molar-refractivity contribution is 6.35. The highest BCUT2D eigenvalue weighted by atomic mass is 35.5. The van der Waals surface area contributed by atoms with Crippen molar-refractivity contribution >= 4 is 34.9 Å². The van der Waals surface area contributed by atoms with Gasteiger partial charge in [0, 0.05) is 5.02 Å². The zero-order chi connectivity index (χ0) is 16.3. The number of nitrogens with one attached hydrogen (secondary N) is 2. The molecule has 0 spiro atoms. The molecule has 0 aliphatic carbocycles. The van der Waals surface area contributed by atoms with Crippen LogP contribution in [-0.4, -0.2) is 41.2 Å². The predicted octanol–water partition coefficient (Wildman–Crippen LogP) is 2.40. The van der Waals surface area contributed by atoms with Crippen molar-refractivity contribution in [2.45, 2.75) is 11.7 Å². The van der Waals surface area contributed by atoms with Crippen LogP contribution in [-0.2, 0) is 0 Å². The van der Waals surface area contributed by atoms with Crippen molar-refractivity contribution in [2.24, 2.45) is 0 Å². The van der Waals surface area contributed by atoms with Crippen LogP contribution < -0.4 is 10.6 Å². The molecule has 0 aromatic heterocycles. The molecule has 0 atom stereocenters. The maximum absolute atomic E-state index is 12.8. The SMILES string of the molecule is O=C(Nc1cc(Cl)ccc1Cl)NC(CO)(CO)C(F)(F)F. The van der Waals surface area contributed by atoms with Gasteiger partial charge in [0.05, 0.1) is 23.9 Å². The molecule has 21 heavy (non-hydrogen) atoms. The van der Waals surface area contributed by atoms with E-state index < -0.39 is 31.0 Å². The summed E-state index contributed by atoms with van der Waals surface area (Å²) in [5, 5.41) is 21.5. The average Bonchev–Trinajstić information content (AvgIpc) is 2.39. The summed E-state index contributed by atoms with van der Waals surface area (Å²) in [6, 6.07) is 2.69. The van der Waals surface area contributed by atoms with Crippen molar-refractivity contribution in [3.63, 3.8) is 0 Å². The molecule has 118 valence electrons. The van der Waals surface area contributed by atoms with Crippen LogP contribution in [0.15, 0.2) is 18.2 Å². The maximum Gasteiger partial charge on any atom is 0.416 e. The van der Waals surface area contributed by atoms with Crippen LogP contribution in [0.3, 0.4) is 0 Å². The van der Waals surface area contributed by atoms with Gasteiger partial charge in [-0.25, -0.2) is 4.79 Å². The maximum atomic E-state index is 12.8. The van der Waals surface area contributed by atoms with Crippen molar-refractivity contribution in [1.29, 1.82) is 0 Å². The molecule has 0 fully saturated rings. The lowest BCUT2D eigenvalue weighted by Gasteiger charge is -2.32. The number of carbonyl (C=O) groups excluding carboxylic acids is 1. The molecule has 1 aromatic carbocycles. The Morgan fingerprint density at radius 1 is 1.19 bits per heavy atom. The van der Waals surface area contributed by atoms with Gasteiger partial charge < -0.3 is 20.8 Å². The van der Waals surface area contributed by atoms with Crippen molar-refractivity contribution in [1.82, 2.24) is 5.32 Å². The molecule has 1 rings (SSSR count). The van der Waals surface area contributed by atoms with Crippen LogP contribution in [0.4, 0.5) is 23.7 Å². The van der Waals surface area contributed by atoms with Crippen molar-refractivity contribution in [3.05, 3.63) is 28.2 Å². The van der Waals surface area contributed by atoms with E-state index in [0.717, 1.165) is 0 Å². The fraction of sp³-hybridized carbons (Fsp3) is 0.364. The molecule has 0 heterocycles. The molecule has 0 saturated heterocycles. The van der Waals surface area contributed by atoms with E-state index in [1.54, 1.807) is 0 Å². The Bertz CT molecular complexity index is 522. The third-order valence-electron chi connectivity index (χ3n) is 2.61. The summed E-state index contributed by atoms with van der Waals surface area (Å²) in [4.78, 5) is 11.6. The Morgan fingerprint density at radius 2 is 1.76 bits per heavy atom. The number of urea groups is 1. The number of alkyl halides is 3. The minimum absolute atomic E-state index is 0.0198. The first-order chi connectivity index (χ1) is 9.65. The first-order valence-corrected chi connectivity index (χ1v) is 6.23. The van der Waals surface area contributed by atoms with E-state index in [-0.39, 0.29) is 15.7 Å². The highest BCUT2D eigenvalue weighted by Crippen LogP contribution is 2.30. The number of carbonyl (C=O) groups is 1. The third-order valence-corrected chi connectivity index (χ3v) is 3.18. The molecule has 0 aliphatic heterocycles. The number of aliphatic hydroxyl groups excluding tert-OH is 2. The molecule has 10 heteroatoms. The Kier molecular flexibility index (Phi) is 5.68. The van der Waals surface area contributed by atoms with Crippen molar-refractivity contribution in [2.75, 3.05) is 18.5 Å². The van der Waals surface area contributed by atoms with Gasteiger partial charge in [0.2, 0.25) is 0 Å². The Labute approximate surface area is 127 Å². The molecule has 0 unspecified atom stereocenters. The highest BCUT2D eigenvalue weighted by Gasteiger charge is 2.55. The summed E-state index contributed by atoms with van der Waals surface area (Å²) < 4.78 is 38.4.